The quantitative estimate of drug-likeness (QED) is 0.925. The third-order valence-electron chi connectivity index (χ3n) is 3.99. The summed E-state index contributed by atoms with van der Waals surface area (Å²) in [6.45, 7) is 1.69. The van der Waals surface area contributed by atoms with Crippen LogP contribution in [0.15, 0.2) is 16.8 Å². The molecule has 1 aromatic carbocycles. The SMILES string of the molecule is Cc1c(C(=O)NC2CCCCC2(F)F)ccc2nonc12. The molecule has 1 atom stereocenters. The van der Waals surface area contributed by atoms with E-state index in [0.29, 0.717) is 41.4 Å². The van der Waals surface area contributed by atoms with Gasteiger partial charge in [-0.15, -0.1) is 0 Å². The van der Waals surface area contributed by atoms with E-state index in [9.17, 15) is 13.6 Å². The molecule has 1 heterocycles. The highest BCUT2D eigenvalue weighted by atomic mass is 19.3. The minimum Gasteiger partial charge on any atom is -0.343 e. The van der Waals surface area contributed by atoms with Crippen molar-refractivity contribution in [2.75, 3.05) is 0 Å². The molecule has 0 spiro atoms. The van der Waals surface area contributed by atoms with Crippen LogP contribution in [0, 0.1) is 6.92 Å². The number of alkyl halides is 2. The van der Waals surface area contributed by atoms with E-state index in [2.05, 4.69) is 20.3 Å². The molecular weight excluding hydrogens is 280 g/mol. The molecule has 0 saturated heterocycles. The number of halogens is 2. The molecule has 1 unspecified atom stereocenters. The molecule has 112 valence electrons. The fourth-order valence-corrected chi connectivity index (χ4v) is 2.73. The number of nitrogens with zero attached hydrogens (tertiary/aromatic N) is 2. The summed E-state index contributed by atoms with van der Waals surface area (Å²) in [7, 11) is 0. The van der Waals surface area contributed by atoms with Crippen molar-refractivity contribution in [1.82, 2.24) is 15.6 Å². The van der Waals surface area contributed by atoms with Crippen molar-refractivity contribution >= 4 is 16.9 Å². The average molecular weight is 295 g/mol. The van der Waals surface area contributed by atoms with Crippen LogP contribution in [0.2, 0.25) is 0 Å². The summed E-state index contributed by atoms with van der Waals surface area (Å²) in [5, 5.41) is 9.86. The zero-order valence-corrected chi connectivity index (χ0v) is 11.5. The molecule has 2 aromatic rings. The smallest absolute Gasteiger partial charge is 0.267 e. The van der Waals surface area contributed by atoms with Crippen molar-refractivity contribution in [2.24, 2.45) is 0 Å². The van der Waals surface area contributed by atoms with Gasteiger partial charge in [0.05, 0.1) is 6.04 Å². The van der Waals surface area contributed by atoms with Crippen LogP contribution in [0.3, 0.4) is 0 Å². The summed E-state index contributed by atoms with van der Waals surface area (Å²) in [5.74, 6) is -3.36. The van der Waals surface area contributed by atoms with Crippen LogP contribution < -0.4 is 5.32 Å². The minimum absolute atomic E-state index is 0.177. The summed E-state index contributed by atoms with van der Waals surface area (Å²) >= 11 is 0. The average Bonchev–Trinajstić information content (AvgIpc) is 2.90. The Morgan fingerprint density at radius 3 is 2.95 bits per heavy atom. The highest BCUT2D eigenvalue weighted by Gasteiger charge is 2.42. The van der Waals surface area contributed by atoms with Crippen molar-refractivity contribution < 1.29 is 18.2 Å². The topological polar surface area (TPSA) is 68.0 Å². The number of hydrogen-bond acceptors (Lipinski definition) is 4. The summed E-state index contributed by atoms with van der Waals surface area (Å²) in [6.07, 6.45) is 1.31. The second-order valence-electron chi connectivity index (χ2n) is 5.40. The van der Waals surface area contributed by atoms with E-state index in [1.807, 2.05) is 0 Å². The Morgan fingerprint density at radius 2 is 2.19 bits per heavy atom. The molecule has 1 fully saturated rings. The van der Waals surface area contributed by atoms with E-state index >= 15 is 0 Å². The lowest BCUT2D eigenvalue weighted by Gasteiger charge is -2.31. The Morgan fingerprint density at radius 1 is 1.38 bits per heavy atom. The van der Waals surface area contributed by atoms with Crippen LogP contribution in [0.25, 0.3) is 11.0 Å². The van der Waals surface area contributed by atoms with Crippen LogP contribution in [0.4, 0.5) is 8.78 Å². The number of nitrogens with one attached hydrogen (secondary N) is 1. The summed E-state index contributed by atoms with van der Waals surface area (Å²) in [5.41, 5.74) is 1.90. The van der Waals surface area contributed by atoms with Gasteiger partial charge in [0, 0.05) is 12.0 Å². The molecule has 1 amide bonds. The number of carbonyl (C=O) groups is 1. The summed E-state index contributed by atoms with van der Waals surface area (Å²) in [6, 6.07) is 2.04. The Hall–Kier alpha value is -2.05. The lowest BCUT2D eigenvalue weighted by molar-refractivity contribution is -0.0609. The van der Waals surface area contributed by atoms with Crippen molar-refractivity contribution in [3.05, 3.63) is 23.3 Å². The minimum atomic E-state index is -2.85. The molecule has 0 aliphatic heterocycles. The number of aryl methyl sites for hydroxylation is 1. The number of benzene rings is 1. The van der Waals surface area contributed by atoms with Gasteiger partial charge < -0.3 is 5.32 Å². The Labute approximate surface area is 119 Å². The molecule has 1 aromatic heterocycles. The fraction of sp³-hybridized carbons (Fsp3) is 0.500. The van der Waals surface area contributed by atoms with Gasteiger partial charge in [-0.1, -0.05) is 6.42 Å². The fourth-order valence-electron chi connectivity index (χ4n) is 2.73. The number of amides is 1. The predicted molar refractivity (Wildman–Crippen MR) is 71.2 cm³/mol. The van der Waals surface area contributed by atoms with Gasteiger partial charge in [-0.05, 0) is 47.8 Å². The molecular formula is C14H15F2N3O2. The first kappa shape index (κ1) is 13.9. The van der Waals surface area contributed by atoms with Crippen molar-refractivity contribution in [3.8, 4) is 0 Å². The molecule has 3 rings (SSSR count). The number of rotatable bonds is 2. The Balaban J connectivity index is 1.85. The Kier molecular flexibility index (Phi) is 3.35. The third kappa shape index (κ3) is 2.48. The molecule has 0 radical (unpaired) electrons. The molecule has 5 nitrogen and oxygen atoms in total. The second-order valence-corrected chi connectivity index (χ2v) is 5.40. The highest BCUT2D eigenvalue weighted by molar-refractivity contribution is 5.99. The lowest BCUT2D eigenvalue weighted by atomic mass is 9.91. The zero-order chi connectivity index (χ0) is 15.0. The van der Waals surface area contributed by atoms with Gasteiger partial charge in [-0.2, -0.15) is 0 Å². The van der Waals surface area contributed by atoms with Crippen molar-refractivity contribution in [2.45, 2.75) is 44.6 Å². The first-order valence-corrected chi connectivity index (χ1v) is 6.89. The molecule has 7 heteroatoms. The van der Waals surface area contributed by atoms with Gasteiger partial charge in [0.15, 0.2) is 0 Å². The van der Waals surface area contributed by atoms with Gasteiger partial charge in [-0.25, -0.2) is 13.4 Å². The second kappa shape index (κ2) is 5.05. The van der Waals surface area contributed by atoms with Crippen LogP contribution in [0.5, 0.6) is 0 Å². The van der Waals surface area contributed by atoms with E-state index in [1.54, 1.807) is 19.1 Å². The van der Waals surface area contributed by atoms with Crippen molar-refractivity contribution in [3.63, 3.8) is 0 Å². The van der Waals surface area contributed by atoms with E-state index in [0.717, 1.165) is 0 Å². The van der Waals surface area contributed by atoms with Crippen molar-refractivity contribution in [1.29, 1.82) is 0 Å². The standard InChI is InChI=1S/C14H15F2N3O2/c1-8-9(5-6-10-12(8)19-21-18-10)13(20)17-11-4-2-3-7-14(11,15)16/h5-6,11H,2-4,7H2,1H3,(H,17,20). The molecule has 1 saturated carbocycles. The zero-order valence-electron chi connectivity index (χ0n) is 11.5. The maximum atomic E-state index is 13.8. The van der Waals surface area contributed by atoms with E-state index in [-0.39, 0.29) is 6.42 Å². The largest absolute Gasteiger partial charge is 0.343 e. The number of hydrogen-bond donors (Lipinski definition) is 1. The van der Waals surface area contributed by atoms with Crippen LogP contribution in [0.1, 0.15) is 41.6 Å². The Bertz CT molecular complexity index is 684. The van der Waals surface area contributed by atoms with Crippen LogP contribution >= 0.6 is 0 Å². The van der Waals surface area contributed by atoms with E-state index < -0.39 is 17.9 Å². The summed E-state index contributed by atoms with van der Waals surface area (Å²) < 4.78 is 32.2. The van der Waals surface area contributed by atoms with Gasteiger partial charge in [0.1, 0.15) is 11.0 Å². The molecule has 1 aliphatic carbocycles. The van der Waals surface area contributed by atoms with E-state index in [1.165, 1.54) is 0 Å². The predicted octanol–water partition coefficient (Wildman–Crippen LogP) is 2.84. The first-order chi connectivity index (χ1) is 9.99. The maximum absolute atomic E-state index is 13.8. The normalized spacial score (nSPS) is 21.4. The van der Waals surface area contributed by atoms with Crippen LogP contribution in [-0.4, -0.2) is 28.2 Å². The third-order valence-corrected chi connectivity index (χ3v) is 3.99. The van der Waals surface area contributed by atoms with Gasteiger partial charge >= 0.3 is 0 Å². The van der Waals surface area contributed by atoms with Gasteiger partial charge in [0.2, 0.25) is 0 Å². The monoisotopic (exact) mass is 295 g/mol. The highest BCUT2D eigenvalue weighted by Crippen LogP contribution is 2.33. The van der Waals surface area contributed by atoms with Crippen LogP contribution in [-0.2, 0) is 0 Å². The lowest BCUT2D eigenvalue weighted by Crippen LogP contribution is -2.49. The number of aromatic nitrogens is 2. The first-order valence-electron chi connectivity index (χ1n) is 6.89. The summed E-state index contributed by atoms with van der Waals surface area (Å²) in [4.78, 5) is 12.3. The van der Waals surface area contributed by atoms with Gasteiger partial charge in [-0.3, -0.25) is 4.79 Å². The molecule has 1 N–H and O–H groups in total. The van der Waals surface area contributed by atoms with E-state index in [4.69, 9.17) is 0 Å². The molecule has 0 bridgehead atoms. The van der Waals surface area contributed by atoms with Gasteiger partial charge in [0.25, 0.3) is 11.8 Å². The molecule has 21 heavy (non-hydrogen) atoms. The molecule has 1 aliphatic rings. The number of carbonyl (C=O) groups excluding carboxylic acids is 1. The number of fused-ring (bicyclic) bond motifs is 1. The maximum Gasteiger partial charge on any atom is 0.267 e.